The summed E-state index contributed by atoms with van der Waals surface area (Å²) in [6, 6.07) is 9.11. The van der Waals surface area contributed by atoms with Crippen molar-refractivity contribution in [3.05, 3.63) is 35.4 Å². The van der Waals surface area contributed by atoms with Gasteiger partial charge in [-0.3, -0.25) is 0 Å². The Morgan fingerprint density at radius 1 is 1.30 bits per heavy atom. The lowest BCUT2D eigenvalue weighted by atomic mass is 9.66. The van der Waals surface area contributed by atoms with Gasteiger partial charge < -0.3 is 10.1 Å². The molecule has 2 rings (SSSR count). The van der Waals surface area contributed by atoms with Gasteiger partial charge in [0.05, 0.1) is 6.61 Å². The van der Waals surface area contributed by atoms with E-state index in [1.54, 1.807) is 7.11 Å². The van der Waals surface area contributed by atoms with Gasteiger partial charge in [0.25, 0.3) is 0 Å². The van der Waals surface area contributed by atoms with Crippen LogP contribution >= 0.6 is 0 Å². The molecule has 0 aromatic heterocycles. The van der Waals surface area contributed by atoms with Crippen molar-refractivity contribution in [3.8, 4) is 0 Å². The molecule has 0 saturated heterocycles. The van der Waals surface area contributed by atoms with E-state index in [4.69, 9.17) is 4.74 Å². The molecule has 1 saturated carbocycles. The van der Waals surface area contributed by atoms with Gasteiger partial charge in [-0.15, -0.1) is 0 Å². The molecule has 0 spiro atoms. The summed E-state index contributed by atoms with van der Waals surface area (Å²) in [5.41, 5.74) is 3.22. The molecule has 1 aromatic carbocycles. The van der Waals surface area contributed by atoms with Crippen molar-refractivity contribution < 1.29 is 4.74 Å². The number of hydrogen-bond acceptors (Lipinski definition) is 2. The van der Waals surface area contributed by atoms with Crippen LogP contribution in [0.3, 0.4) is 0 Å². The van der Waals surface area contributed by atoms with Crippen LogP contribution in [0.4, 0.5) is 0 Å². The Morgan fingerprint density at radius 3 is 2.70 bits per heavy atom. The van der Waals surface area contributed by atoms with Gasteiger partial charge in [0, 0.05) is 25.6 Å². The minimum absolute atomic E-state index is 0.326. The first-order chi connectivity index (χ1) is 9.66. The Morgan fingerprint density at radius 2 is 2.05 bits per heavy atom. The zero-order valence-corrected chi connectivity index (χ0v) is 13.2. The summed E-state index contributed by atoms with van der Waals surface area (Å²) in [4.78, 5) is 0. The lowest BCUT2D eigenvalue weighted by molar-refractivity contribution is 0.187. The van der Waals surface area contributed by atoms with Crippen LogP contribution in [-0.4, -0.2) is 26.8 Å². The molecule has 2 nitrogen and oxygen atoms in total. The highest BCUT2D eigenvalue weighted by molar-refractivity contribution is 5.30. The van der Waals surface area contributed by atoms with Gasteiger partial charge in [0.1, 0.15) is 0 Å². The molecule has 1 fully saturated rings. The Labute approximate surface area is 123 Å². The van der Waals surface area contributed by atoms with Crippen LogP contribution in [0.15, 0.2) is 24.3 Å². The average molecular weight is 275 g/mol. The van der Waals surface area contributed by atoms with Crippen LogP contribution < -0.4 is 5.32 Å². The molecule has 0 aliphatic heterocycles. The first-order valence-electron chi connectivity index (χ1n) is 7.93. The highest BCUT2D eigenvalue weighted by atomic mass is 16.5. The molecule has 2 heteroatoms. The molecule has 0 bridgehead atoms. The van der Waals surface area contributed by atoms with E-state index in [1.807, 2.05) is 0 Å². The fourth-order valence-corrected chi connectivity index (χ4v) is 3.36. The summed E-state index contributed by atoms with van der Waals surface area (Å²) < 4.78 is 5.14. The van der Waals surface area contributed by atoms with E-state index in [2.05, 4.69) is 43.4 Å². The van der Waals surface area contributed by atoms with Crippen LogP contribution in [0.1, 0.15) is 43.7 Å². The lowest BCUT2D eigenvalue weighted by Crippen LogP contribution is -2.42. The molecule has 20 heavy (non-hydrogen) atoms. The summed E-state index contributed by atoms with van der Waals surface area (Å²) in [6.07, 6.45) is 5.30. The molecule has 1 aromatic rings. The van der Waals surface area contributed by atoms with Gasteiger partial charge in [-0.2, -0.15) is 0 Å². The van der Waals surface area contributed by atoms with Crippen molar-refractivity contribution in [3.63, 3.8) is 0 Å². The van der Waals surface area contributed by atoms with E-state index in [0.29, 0.717) is 5.41 Å². The zero-order valence-electron chi connectivity index (χ0n) is 13.2. The van der Waals surface area contributed by atoms with Crippen molar-refractivity contribution in [2.45, 2.75) is 44.9 Å². The zero-order chi connectivity index (χ0) is 14.4. The Balaban J connectivity index is 2.11. The summed E-state index contributed by atoms with van der Waals surface area (Å²) in [5, 5.41) is 3.60. The average Bonchev–Trinajstić information content (AvgIpc) is 2.46. The molecule has 1 N–H and O–H groups in total. The van der Waals surface area contributed by atoms with Crippen molar-refractivity contribution >= 4 is 0 Å². The number of hydrogen-bond donors (Lipinski definition) is 1. The van der Waals surface area contributed by atoms with Crippen molar-refractivity contribution in [2.24, 2.45) is 5.92 Å². The first kappa shape index (κ1) is 15.5. The first-order valence-corrected chi connectivity index (χ1v) is 7.93. The summed E-state index contributed by atoms with van der Waals surface area (Å²) in [5.74, 6) is 0.881. The maximum atomic E-state index is 5.14. The molecule has 112 valence electrons. The number of rotatable bonds is 6. The Kier molecular flexibility index (Phi) is 5.62. The SMILES string of the molecule is COCCNCC1(c2cccc(C)c2)CCC(C)CC1. The van der Waals surface area contributed by atoms with Crippen molar-refractivity contribution in [2.75, 3.05) is 26.8 Å². The molecule has 1 aliphatic carbocycles. The molecule has 0 unspecified atom stereocenters. The summed E-state index contributed by atoms with van der Waals surface area (Å²) in [7, 11) is 1.76. The summed E-state index contributed by atoms with van der Waals surface area (Å²) in [6.45, 7) is 7.39. The van der Waals surface area contributed by atoms with E-state index in [9.17, 15) is 0 Å². The molecule has 0 amide bonds. The molecular formula is C18H29NO. The van der Waals surface area contributed by atoms with Crippen LogP contribution in [-0.2, 0) is 10.2 Å². The molecule has 0 heterocycles. The number of ether oxygens (including phenoxy) is 1. The van der Waals surface area contributed by atoms with E-state index in [0.717, 1.165) is 25.6 Å². The maximum absolute atomic E-state index is 5.14. The smallest absolute Gasteiger partial charge is 0.0587 e. The largest absolute Gasteiger partial charge is 0.383 e. The van der Waals surface area contributed by atoms with Crippen LogP contribution in [0.5, 0.6) is 0 Å². The fraction of sp³-hybridized carbons (Fsp3) is 0.667. The van der Waals surface area contributed by atoms with Gasteiger partial charge in [-0.1, -0.05) is 36.8 Å². The van der Waals surface area contributed by atoms with Crippen LogP contribution in [0.2, 0.25) is 0 Å². The second-order valence-corrected chi connectivity index (χ2v) is 6.50. The van der Waals surface area contributed by atoms with Crippen LogP contribution in [0.25, 0.3) is 0 Å². The lowest BCUT2D eigenvalue weighted by Gasteiger charge is -2.40. The van der Waals surface area contributed by atoms with Crippen molar-refractivity contribution in [1.82, 2.24) is 5.32 Å². The third kappa shape index (κ3) is 3.83. The van der Waals surface area contributed by atoms with Crippen molar-refractivity contribution in [1.29, 1.82) is 0 Å². The molecule has 0 atom stereocenters. The standard InChI is InChI=1S/C18H29NO/c1-15-7-9-18(10-8-15,14-19-11-12-20-3)17-6-4-5-16(2)13-17/h4-6,13,15,19H,7-12,14H2,1-3H3. The van der Waals surface area contributed by atoms with Gasteiger partial charge in [-0.25, -0.2) is 0 Å². The topological polar surface area (TPSA) is 21.3 Å². The second-order valence-electron chi connectivity index (χ2n) is 6.50. The number of benzene rings is 1. The van der Waals surface area contributed by atoms with Crippen LogP contribution in [0, 0.1) is 12.8 Å². The van der Waals surface area contributed by atoms with E-state index in [1.165, 1.54) is 36.8 Å². The Hall–Kier alpha value is -0.860. The monoisotopic (exact) mass is 275 g/mol. The fourth-order valence-electron chi connectivity index (χ4n) is 3.36. The highest BCUT2D eigenvalue weighted by Crippen LogP contribution is 2.41. The minimum atomic E-state index is 0.326. The van der Waals surface area contributed by atoms with Gasteiger partial charge in [-0.05, 0) is 44.1 Å². The van der Waals surface area contributed by atoms with Gasteiger partial charge in [0.2, 0.25) is 0 Å². The molecular weight excluding hydrogens is 246 g/mol. The van der Waals surface area contributed by atoms with Gasteiger partial charge >= 0.3 is 0 Å². The molecule has 0 radical (unpaired) electrons. The van der Waals surface area contributed by atoms with E-state index in [-0.39, 0.29) is 0 Å². The predicted molar refractivity (Wildman–Crippen MR) is 85.2 cm³/mol. The van der Waals surface area contributed by atoms with E-state index < -0.39 is 0 Å². The normalized spacial score (nSPS) is 26.6. The third-order valence-corrected chi connectivity index (χ3v) is 4.81. The third-order valence-electron chi connectivity index (χ3n) is 4.81. The maximum Gasteiger partial charge on any atom is 0.0587 e. The number of nitrogens with one attached hydrogen (secondary N) is 1. The highest BCUT2D eigenvalue weighted by Gasteiger charge is 2.35. The quantitative estimate of drug-likeness (QED) is 0.800. The van der Waals surface area contributed by atoms with Gasteiger partial charge in [0.15, 0.2) is 0 Å². The predicted octanol–water partition coefficient (Wildman–Crippen LogP) is 3.68. The second kappa shape index (κ2) is 7.24. The Bertz CT molecular complexity index is 408. The minimum Gasteiger partial charge on any atom is -0.383 e. The van der Waals surface area contributed by atoms with E-state index >= 15 is 0 Å². The molecule has 1 aliphatic rings. The number of aryl methyl sites for hydroxylation is 1. The summed E-state index contributed by atoms with van der Waals surface area (Å²) >= 11 is 0. The number of methoxy groups -OCH3 is 1.